The molecule has 6 nitrogen and oxygen atoms in total. The van der Waals surface area contributed by atoms with Gasteiger partial charge in [0.25, 0.3) is 11.8 Å². The topological polar surface area (TPSA) is 67.9 Å². The minimum Gasteiger partial charge on any atom is -0.493 e. The van der Waals surface area contributed by atoms with E-state index in [1.807, 2.05) is 0 Å². The number of nitrogens with zero attached hydrogens (tertiary/aromatic N) is 1. The molecule has 4 rings (SSSR count). The van der Waals surface area contributed by atoms with Gasteiger partial charge in [-0.1, -0.05) is 35.9 Å². The van der Waals surface area contributed by atoms with E-state index >= 15 is 0 Å². The number of piperidine rings is 1. The zero-order valence-electron chi connectivity index (χ0n) is 20.4. The maximum absolute atomic E-state index is 14.0. The number of aryl methyl sites for hydroxylation is 1. The van der Waals surface area contributed by atoms with Crippen LogP contribution in [0.5, 0.6) is 11.5 Å². The number of likely N-dealkylation sites (tertiary alicyclic amines) is 1. The van der Waals surface area contributed by atoms with Crippen molar-refractivity contribution >= 4 is 23.4 Å². The largest absolute Gasteiger partial charge is 0.493 e. The van der Waals surface area contributed by atoms with Gasteiger partial charge in [-0.25, -0.2) is 4.39 Å². The molecule has 0 saturated carbocycles. The molecule has 1 aliphatic rings. The number of rotatable bonds is 6. The van der Waals surface area contributed by atoms with E-state index < -0.39 is 0 Å². The average molecular weight is 511 g/mol. The molecule has 3 aromatic carbocycles. The molecule has 1 aliphatic heterocycles. The van der Waals surface area contributed by atoms with Crippen LogP contribution in [-0.4, -0.2) is 50.1 Å². The molecular formula is C28H28ClFN2O4. The summed E-state index contributed by atoms with van der Waals surface area (Å²) in [7, 11) is 3.06. The second-order valence-electron chi connectivity index (χ2n) is 8.78. The molecular weight excluding hydrogens is 483 g/mol. The van der Waals surface area contributed by atoms with Crippen LogP contribution in [0.4, 0.5) is 4.39 Å². The quantitative estimate of drug-likeness (QED) is 0.493. The van der Waals surface area contributed by atoms with Crippen molar-refractivity contribution in [3.8, 4) is 11.5 Å². The van der Waals surface area contributed by atoms with Crippen molar-refractivity contribution in [2.75, 3.05) is 27.3 Å². The Bertz CT molecular complexity index is 1280. The van der Waals surface area contributed by atoms with Crippen LogP contribution >= 0.6 is 11.6 Å². The van der Waals surface area contributed by atoms with Gasteiger partial charge in [-0.2, -0.15) is 0 Å². The number of amides is 2. The summed E-state index contributed by atoms with van der Waals surface area (Å²) in [5, 5.41) is 3.47. The van der Waals surface area contributed by atoms with Crippen LogP contribution in [-0.2, 0) is 0 Å². The highest BCUT2D eigenvalue weighted by Gasteiger charge is 2.34. The fraction of sp³-hybridized carbons (Fsp3) is 0.286. The van der Waals surface area contributed by atoms with Crippen LogP contribution in [0.15, 0.2) is 60.7 Å². The minimum absolute atomic E-state index is 0.157. The van der Waals surface area contributed by atoms with Crippen molar-refractivity contribution in [2.24, 2.45) is 0 Å². The highest BCUT2D eigenvalue weighted by molar-refractivity contribution is 6.33. The maximum atomic E-state index is 14.0. The highest BCUT2D eigenvalue weighted by atomic mass is 35.5. The standard InChI is InChI=1S/C28H28ClFN2O4/c1-17-14-18(8-10-23(17)30)21-16-32(28(34)19-9-11-25(35-2)26(15-19)36-3)13-12-24(21)31-27(33)20-6-4-5-7-22(20)29/h4-11,14-15,21,24H,12-13,16H2,1-3H3,(H,31,33)/t21-,24-/m0/s1. The molecule has 3 aromatic rings. The first-order valence-electron chi connectivity index (χ1n) is 11.6. The lowest BCUT2D eigenvalue weighted by molar-refractivity contribution is 0.0671. The molecule has 36 heavy (non-hydrogen) atoms. The third-order valence-corrected chi connectivity index (χ3v) is 6.91. The number of carbonyl (C=O) groups excluding carboxylic acids is 2. The van der Waals surface area contributed by atoms with Gasteiger partial charge >= 0.3 is 0 Å². The van der Waals surface area contributed by atoms with Gasteiger partial charge in [-0.05, 0) is 60.9 Å². The molecule has 1 fully saturated rings. The Balaban J connectivity index is 1.61. The van der Waals surface area contributed by atoms with E-state index in [4.69, 9.17) is 21.1 Å². The van der Waals surface area contributed by atoms with E-state index in [0.29, 0.717) is 52.7 Å². The fourth-order valence-electron chi connectivity index (χ4n) is 4.59. The third-order valence-electron chi connectivity index (χ3n) is 6.58. The summed E-state index contributed by atoms with van der Waals surface area (Å²) in [5.41, 5.74) is 2.22. The summed E-state index contributed by atoms with van der Waals surface area (Å²) in [5.74, 6) is 0.0217. The molecule has 0 bridgehead atoms. The number of benzene rings is 3. The van der Waals surface area contributed by atoms with E-state index in [2.05, 4.69) is 5.32 Å². The number of hydrogen-bond donors (Lipinski definition) is 1. The number of halogens is 2. The Hall–Kier alpha value is -3.58. The summed E-state index contributed by atoms with van der Waals surface area (Å²) in [4.78, 5) is 28.2. The van der Waals surface area contributed by atoms with Crippen LogP contribution < -0.4 is 14.8 Å². The summed E-state index contributed by atoms with van der Waals surface area (Å²) < 4.78 is 24.7. The van der Waals surface area contributed by atoms with Crippen LogP contribution in [0.3, 0.4) is 0 Å². The second-order valence-corrected chi connectivity index (χ2v) is 9.19. The first-order chi connectivity index (χ1) is 17.3. The predicted octanol–water partition coefficient (Wildman–Crippen LogP) is 5.23. The smallest absolute Gasteiger partial charge is 0.254 e. The molecule has 2 amide bonds. The normalized spacial score (nSPS) is 17.4. The van der Waals surface area contributed by atoms with Gasteiger partial charge in [0.2, 0.25) is 0 Å². The number of hydrogen-bond acceptors (Lipinski definition) is 4. The van der Waals surface area contributed by atoms with Crippen molar-refractivity contribution in [1.82, 2.24) is 10.2 Å². The van der Waals surface area contributed by atoms with E-state index in [1.165, 1.54) is 20.3 Å². The van der Waals surface area contributed by atoms with Gasteiger partial charge in [0.1, 0.15) is 5.82 Å². The monoisotopic (exact) mass is 510 g/mol. The molecule has 0 aromatic heterocycles. The molecule has 1 N–H and O–H groups in total. The van der Waals surface area contributed by atoms with Crippen molar-refractivity contribution in [3.05, 3.63) is 93.8 Å². The Labute approximate surface area is 215 Å². The Morgan fingerprint density at radius 1 is 1.03 bits per heavy atom. The zero-order valence-corrected chi connectivity index (χ0v) is 21.1. The van der Waals surface area contributed by atoms with Gasteiger partial charge in [-0.15, -0.1) is 0 Å². The van der Waals surface area contributed by atoms with Gasteiger partial charge < -0.3 is 19.7 Å². The maximum Gasteiger partial charge on any atom is 0.254 e. The molecule has 1 saturated heterocycles. The lowest BCUT2D eigenvalue weighted by atomic mass is 9.84. The van der Waals surface area contributed by atoms with Crippen LogP contribution in [0.2, 0.25) is 5.02 Å². The van der Waals surface area contributed by atoms with Crippen molar-refractivity contribution < 1.29 is 23.5 Å². The van der Waals surface area contributed by atoms with Gasteiger partial charge in [0.05, 0.1) is 24.8 Å². The molecule has 0 aliphatic carbocycles. The van der Waals surface area contributed by atoms with Gasteiger partial charge in [0, 0.05) is 30.6 Å². The Morgan fingerprint density at radius 3 is 2.47 bits per heavy atom. The van der Waals surface area contributed by atoms with E-state index in [9.17, 15) is 14.0 Å². The molecule has 0 spiro atoms. The second kappa shape index (κ2) is 11.0. The molecule has 8 heteroatoms. The SMILES string of the molecule is COc1ccc(C(=O)N2CC[C@H](NC(=O)c3ccccc3Cl)[C@H](c3ccc(F)c(C)c3)C2)cc1OC. The summed E-state index contributed by atoms with van der Waals surface area (Å²) >= 11 is 6.23. The lowest BCUT2D eigenvalue weighted by Crippen LogP contribution is -2.51. The van der Waals surface area contributed by atoms with Crippen LogP contribution in [0.1, 0.15) is 44.2 Å². The van der Waals surface area contributed by atoms with Crippen molar-refractivity contribution in [2.45, 2.75) is 25.3 Å². The zero-order chi connectivity index (χ0) is 25.8. The molecule has 1 heterocycles. The fourth-order valence-corrected chi connectivity index (χ4v) is 4.81. The lowest BCUT2D eigenvalue weighted by Gasteiger charge is -2.39. The minimum atomic E-state index is -0.301. The highest BCUT2D eigenvalue weighted by Crippen LogP contribution is 2.32. The number of ether oxygens (including phenoxy) is 2. The van der Waals surface area contributed by atoms with Gasteiger partial charge in [0.15, 0.2) is 11.5 Å². The van der Waals surface area contributed by atoms with E-state index in [-0.39, 0.29) is 29.6 Å². The molecule has 2 atom stereocenters. The summed E-state index contributed by atoms with van der Waals surface area (Å²) in [6.45, 7) is 2.49. The average Bonchev–Trinajstić information content (AvgIpc) is 2.89. The first-order valence-corrected chi connectivity index (χ1v) is 12.0. The number of carbonyl (C=O) groups is 2. The van der Waals surface area contributed by atoms with Crippen molar-refractivity contribution in [1.29, 1.82) is 0 Å². The molecule has 0 radical (unpaired) electrons. The molecule has 0 unspecified atom stereocenters. The van der Waals surface area contributed by atoms with Crippen LogP contribution in [0.25, 0.3) is 0 Å². The number of nitrogens with one attached hydrogen (secondary N) is 1. The summed E-state index contributed by atoms with van der Waals surface area (Å²) in [6, 6.07) is 16.6. The number of methoxy groups -OCH3 is 2. The Morgan fingerprint density at radius 2 is 1.78 bits per heavy atom. The first kappa shape index (κ1) is 25.5. The van der Waals surface area contributed by atoms with Crippen molar-refractivity contribution in [3.63, 3.8) is 0 Å². The van der Waals surface area contributed by atoms with Crippen LogP contribution in [0, 0.1) is 12.7 Å². The Kier molecular flexibility index (Phi) is 7.79. The summed E-state index contributed by atoms with van der Waals surface area (Å²) in [6.07, 6.45) is 0.524. The molecule has 188 valence electrons. The van der Waals surface area contributed by atoms with E-state index in [1.54, 1.807) is 66.4 Å². The predicted molar refractivity (Wildman–Crippen MR) is 137 cm³/mol. The van der Waals surface area contributed by atoms with Gasteiger partial charge in [-0.3, -0.25) is 9.59 Å². The van der Waals surface area contributed by atoms with E-state index in [0.717, 1.165) is 5.56 Å². The third kappa shape index (κ3) is 5.31.